The number of carbonyl (C=O) groups excluding carboxylic acids is 3. The van der Waals surface area contributed by atoms with Crippen LogP contribution in [-0.4, -0.2) is 139 Å². The largest absolute Gasteiger partial charge is 0.383 e. The van der Waals surface area contributed by atoms with E-state index in [1.807, 2.05) is 23.1 Å². The lowest BCUT2D eigenvalue weighted by Gasteiger charge is -2.49. The summed E-state index contributed by atoms with van der Waals surface area (Å²) in [6, 6.07) is 10.4. The Morgan fingerprint density at radius 3 is 2.32 bits per heavy atom. The molecule has 6 aliphatic rings. The Bertz CT molecular complexity index is 2180. The van der Waals surface area contributed by atoms with Gasteiger partial charge in [-0.3, -0.25) is 24.6 Å². The number of piperidine rings is 4. The summed E-state index contributed by atoms with van der Waals surface area (Å²) in [6.07, 6.45) is 8.13. The first-order valence-corrected chi connectivity index (χ1v) is 23.1. The van der Waals surface area contributed by atoms with Gasteiger partial charge >= 0.3 is 0 Å². The number of nitrogens with zero attached hydrogens (tertiary/aromatic N) is 8. The molecule has 9 rings (SSSR count). The average Bonchev–Trinajstić information content (AvgIpc) is 3.62. The highest BCUT2D eigenvalue weighted by Gasteiger charge is 2.41. The van der Waals surface area contributed by atoms with E-state index in [4.69, 9.17) is 4.98 Å². The van der Waals surface area contributed by atoms with Gasteiger partial charge in [-0.15, -0.1) is 0 Å². The molecule has 3 amide bonds. The van der Waals surface area contributed by atoms with Crippen LogP contribution in [0, 0.1) is 17.0 Å². The quantitative estimate of drug-likeness (QED) is 0.233. The number of hydrogen-bond acceptors (Lipinski definition) is 12. The smallest absolute Gasteiger partial charge is 0.255 e. The van der Waals surface area contributed by atoms with Crippen molar-refractivity contribution in [1.29, 1.82) is 0 Å². The molecule has 5 saturated heterocycles. The topological polar surface area (TPSA) is 133 Å². The van der Waals surface area contributed by atoms with Gasteiger partial charge in [-0.2, -0.15) is 0 Å². The summed E-state index contributed by atoms with van der Waals surface area (Å²) < 4.78 is 31.2. The first-order valence-electron chi connectivity index (χ1n) is 23.1. The minimum Gasteiger partial charge on any atom is -0.383 e. The van der Waals surface area contributed by atoms with Gasteiger partial charge in [0.25, 0.3) is 5.91 Å². The average molecular weight is 868 g/mol. The summed E-state index contributed by atoms with van der Waals surface area (Å²) in [5.41, 5.74) is 3.33. The van der Waals surface area contributed by atoms with Crippen molar-refractivity contribution in [2.24, 2.45) is 5.41 Å². The number of likely N-dealkylation sites (tertiary alicyclic amines) is 1. The van der Waals surface area contributed by atoms with Gasteiger partial charge in [0.1, 0.15) is 35.6 Å². The van der Waals surface area contributed by atoms with Crippen LogP contribution in [0.4, 0.5) is 31.8 Å². The molecule has 3 aromatic rings. The number of likely N-dealkylation sites (N-methyl/N-ethyl adjacent to an activating group) is 1. The normalized spacial score (nSPS) is 23.1. The predicted octanol–water partition coefficient (Wildman–Crippen LogP) is 4.60. The lowest BCUT2D eigenvalue weighted by molar-refractivity contribution is -0.136. The van der Waals surface area contributed by atoms with Crippen LogP contribution in [0.5, 0.6) is 0 Å². The number of piperazine rings is 1. The van der Waals surface area contributed by atoms with Crippen LogP contribution in [0.1, 0.15) is 86.7 Å². The molecule has 5 fully saturated rings. The number of aromatic nitrogens is 2. The highest BCUT2D eigenvalue weighted by molar-refractivity contribution is 6.06. The molecule has 0 aliphatic carbocycles. The zero-order valence-electron chi connectivity index (χ0n) is 37.1. The van der Waals surface area contributed by atoms with Crippen molar-refractivity contribution in [2.45, 2.75) is 95.9 Å². The third-order valence-electron chi connectivity index (χ3n) is 14.9. The fourth-order valence-electron chi connectivity index (χ4n) is 10.7. The van der Waals surface area contributed by atoms with Crippen LogP contribution in [0.3, 0.4) is 0 Å². The van der Waals surface area contributed by atoms with E-state index in [-0.39, 0.29) is 35.4 Å². The van der Waals surface area contributed by atoms with Gasteiger partial charge in [0.2, 0.25) is 11.8 Å². The zero-order valence-corrected chi connectivity index (χ0v) is 37.1. The van der Waals surface area contributed by atoms with E-state index in [1.54, 1.807) is 11.2 Å². The highest BCUT2D eigenvalue weighted by Crippen LogP contribution is 2.36. The van der Waals surface area contributed by atoms with Gasteiger partial charge in [0, 0.05) is 125 Å². The number of halogens is 2. The van der Waals surface area contributed by atoms with E-state index in [0.29, 0.717) is 67.4 Å². The van der Waals surface area contributed by atoms with Gasteiger partial charge in [-0.25, -0.2) is 18.7 Å². The maximum Gasteiger partial charge on any atom is 0.255 e. The number of benzene rings is 2. The number of nitrogens with one attached hydrogen (secondary N) is 3. The molecule has 16 heteroatoms. The van der Waals surface area contributed by atoms with E-state index in [9.17, 15) is 14.4 Å². The van der Waals surface area contributed by atoms with Gasteiger partial charge in [-0.05, 0) is 88.7 Å². The minimum absolute atomic E-state index is 0.168. The molecule has 338 valence electrons. The number of anilines is 4. The molecular weight excluding hydrogens is 805 g/mol. The van der Waals surface area contributed by atoms with Gasteiger partial charge in [0.15, 0.2) is 0 Å². The van der Waals surface area contributed by atoms with Crippen molar-refractivity contribution in [1.82, 2.24) is 35.3 Å². The van der Waals surface area contributed by atoms with Crippen molar-refractivity contribution in [2.75, 3.05) is 99.1 Å². The molecule has 1 unspecified atom stereocenters. The fourth-order valence-corrected chi connectivity index (χ4v) is 10.7. The molecule has 1 aromatic heterocycles. The maximum atomic E-state index is 15.7. The highest BCUT2D eigenvalue weighted by atomic mass is 19.1. The van der Waals surface area contributed by atoms with Gasteiger partial charge < -0.3 is 35.1 Å². The summed E-state index contributed by atoms with van der Waals surface area (Å²) >= 11 is 0. The molecular formula is C47H63F2N11O3. The molecule has 14 nitrogen and oxygen atoms in total. The molecule has 0 saturated carbocycles. The molecule has 1 spiro atoms. The Morgan fingerprint density at radius 1 is 0.857 bits per heavy atom. The lowest BCUT2D eigenvalue weighted by Crippen LogP contribution is -2.64. The van der Waals surface area contributed by atoms with Crippen LogP contribution >= 0.6 is 0 Å². The Morgan fingerprint density at radius 2 is 1.59 bits per heavy atom. The predicted molar refractivity (Wildman–Crippen MR) is 240 cm³/mol. The first kappa shape index (κ1) is 43.3. The summed E-state index contributed by atoms with van der Waals surface area (Å²) in [7, 11) is 2.17. The van der Waals surface area contributed by atoms with Crippen LogP contribution in [0.25, 0.3) is 0 Å². The van der Waals surface area contributed by atoms with E-state index in [1.165, 1.54) is 12.1 Å². The van der Waals surface area contributed by atoms with Crippen molar-refractivity contribution < 1.29 is 23.2 Å². The van der Waals surface area contributed by atoms with Crippen LogP contribution < -0.4 is 30.7 Å². The Kier molecular flexibility index (Phi) is 12.3. The number of imide groups is 1. The van der Waals surface area contributed by atoms with E-state index >= 15 is 8.78 Å². The fraction of sp³-hybridized carbons (Fsp3) is 0.596. The van der Waals surface area contributed by atoms with Crippen molar-refractivity contribution in [3.63, 3.8) is 0 Å². The molecule has 63 heavy (non-hydrogen) atoms. The summed E-state index contributed by atoms with van der Waals surface area (Å²) in [5.74, 6) is 0.335. The molecule has 0 radical (unpaired) electrons. The number of carbonyl (C=O) groups is 3. The van der Waals surface area contributed by atoms with E-state index in [2.05, 4.69) is 67.5 Å². The molecule has 2 aromatic carbocycles. The lowest BCUT2D eigenvalue weighted by atomic mass is 9.82. The molecule has 3 N–H and O–H groups in total. The second-order valence-electron chi connectivity index (χ2n) is 19.5. The number of amides is 3. The van der Waals surface area contributed by atoms with Crippen molar-refractivity contribution in [3.05, 3.63) is 71.1 Å². The zero-order chi connectivity index (χ0) is 43.9. The second-order valence-corrected chi connectivity index (χ2v) is 19.5. The Labute approximate surface area is 369 Å². The summed E-state index contributed by atoms with van der Waals surface area (Å²) in [6.45, 7) is 14.1. The van der Waals surface area contributed by atoms with Gasteiger partial charge in [0.05, 0.1) is 5.69 Å². The van der Waals surface area contributed by atoms with Crippen LogP contribution in [-0.2, 0) is 22.7 Å². The number of hydrogen-bond donors (Lipinski definition) is 3. The molecule has 1 atom stereocenters. The van der Waals surface area contributed by atoms with Crippen molar-refractivity contribution in [3.8, 4) is 0 Å². The maximum absolute atomic E-state index is 15.7. The molecule has 0 bridgehead atoms. The van der Waals surface area contributed by atoms with Crippen LogP contribution in [0.15, 0.2) is 42.7 Å². The second kappa shape index (κ2) is 17.9. The summed E-state index contributed by atoms with van der Waals surface area (Å²) in [5, 5.41) is 9.69. The third kappa shape index (κ3) is 9.35. The standard InChI is InChI=1S/C47H63F2N11O3/c1-46(2)11-19-56(20-12-46)28-32-25-37(49)40(26-36(32)48)59-24-16-53-47(30-59)13-21-58(22-14-47)42-27-41(51-31-52-42)57-17-9-33(10-18-57)55(3)23-15-50-38-6-4-5-34-35(38)29-60(45(34)63)39-7-8-43(61)54-44(39)62/h4-6,25-27,31,33,39,50,53H,7-24,28-30H2,1-3H3,(H,54,61,62). The Hall–Kier alpha value is -4.93. The minimum atomic E-state index is -0.633. The van der Waals surface area contributed by atoms with E-state index < -0.39 is 11.9 Å². The van der Waals surface area contributed by atoms with Gasteiger partial charge in [-0.1, -0.05) is 19.9 Å². The Balaban J connectivity index is 0.737. The number of rotatable bonds is 11. The molecule has 7 heterocycles. The van der Waals surface area contributed by atoms with Crippen molar-refractivity contribution >= 4 is 40.7 Å². The third-order valence-corrected chi connectivity index (χ3v) is 14.9. The summed E-state index contributed by atoms with van der Waals surface area (Å²) in [4.78, 5) is 59.8. The SMILES string of the molecule is CN(CCNc1cccc2c1CN(C1CCC(=O)NC1=O)C2=O)C1CCN(c2cc(N3CCC4(CC3)CN(c3cc(F)c(CN5CCC(C)(C)CC5)cc3F)CCN4)ncn2)CC1. The first-order chi connectivity index (χ1) is 30.3. The number of fused-ring (bicyclic) bond motifs is 1. The molecule has 6 aliphatic heterocycles. The monoisotopic (exact) mass is 868 g/mol. The van der Waals surface area contributed by atoms with Crippen LogP contribution in [0.2, 0.25) is 0 Å². The van der Waals surface area contributed by atoms with E-state index in [0.717, 1.165) is 114 Å².